The Balaban J connectivity index is 1.78. The first kappa shape index (κ1) is 28.0. The summed E-state index contributed by atoms with van der Waals surface area (Å²) in [6.45, 7) is 6.46. The molecule has 5 nitrogen and oxygen atoms in total. The Morgan fingerprint density at radius 2 is 1.41 bits per heavy atom. The zero-order valence-electron chi connectivity index (χ0n) is 22.6. The van der Waals surface area contributed by atoms with Gasteiger partial charge in [-0.25, -0.2) is 4.79 Å². The number of unbranched alkanes of at least 4 members (excludes halogenated alkanes) is 3. The van der Waals surface area contributed by atoms with Gasteiger partial charge in [0, 0.05) is 13.1 Å². The van der Waals surface area contributed by atoms with E-state index in [2.05, 4.69) is 60.5 Å². The van der Waals surface area contributed by atoms with Crippen molar-refractivity contribution in [2.75, 3.05) is 33.8 Å². The molecule has 3 rings (SSSR count). The van der Waals surface area contributed by atoms with Gasteiger partial charge in [0.25, 0.3) is 0 Å². The summed E-state index contributed by atoms with van der Waals surface area (Å²) in [4.78, 5) is 14.3. The van der Waals surface area contributed by atoms with Crippen molar-refractivity contribution in [3.63, 3.8) is 0 Å². The summed E-state index contributed by atoms with van der Waals surface area (Å²) < 4.78 is 11.4. The van der Waals surface area contributed by atoms with Gasteiger partial charge in [-0.05, 0) is 79.5 Å². The van der Waals surface area contributed by atoms with Crippen LogP contribution in [0.25, 0.3) is 11.1 Å². The summed E-state index contributed by atoms with van der Waals surface area (Å²) in [7, 11) is 4.07. The van der Waals surface area contributed by atoms with Crippen molar-refractivity contribution in [3.8, 4) is 11.5 Å². The normalized spacial score (nSPS) is 11.7. The third kappa shape index (κ3) is 9.10. The molecule has 1 amide bonds. The van der Waals surface area contributed by atoms with Gasteiger partial charge in [0.1, 0.15) is 18.1 Å². The first-order chi connectivity index (χ1) is 18.0. The highest BCUT2D eigenvalue weighted by Crippen LogP contribution is 2.33. The SMILES string of the molecule is CCCCCCNC(=O)Oc1ccc(/C(=C(/C)c2ccccc2)c2ccc(OCCN(C)C)cc2)cc1. The van der Waals surface area contributed by atoms with Crippen LogP contribution in [0.5, 0.6) is 11.5 Å². The summed E-state index contributed by atoms with van der Waals surface area (Å²) in [5.74, 6) is 1.38. The molecular weight excluding hydrogens is 460 g/mol. The van der Waals surface area contributed by atoms with Crippen molar-refractivity contribution in [1.29, 1.82) is 0 Å². The maximum atomic E-state index is 12.2. The second-order valence-electron chi connectivity index (χ2n) is 9.44. The van der Waals surface area contributed by atoms with Gasteiger partial charge in [-0.1, -0.05) is 80.8 Å². The molecule has 0 bridgehead atoms. The molecule has 3 aromatic rings. The van der Waals surface area contributed by atoms with E-state index in [-0.39, 0.29) is 0 Å². The molecule has 0 aromatic heterocycles. The number of hydrogen-bond acceptors (Lipinski definition) is 4. The highest BCUT2D eigenvalue weighted by Gasteiger charge is 2.12. The van der Waals surface area contributed by atoms with Gasteiger partial charge in [-0.3, -0.25) is 0 Å². The van der Waals surface area contributed by atoms with Crippen molar-refractivity contribution >= 4 is 17.2 Å². The first-order valence-corrected chi connectivity index (χ1v) is 13.2. The van der Waals surface area contributed by atoms with Crippen LogP contribution in [-0.2, 0) is 0 Å². The summed E-state index contributed by atoms with van der Waals surface area (Å²) in [6, 6.07) is 26.3. The van der Waals surface area contributed by atoms with Crippen molar-refractivity contribution < 1.29 is 14.3 Å². The van der Waals surface area contributed by atoms with Crippen molar-refractivity contribution in [1.82, 2.24) is 10.2 Å². The minimum atomic E-state index is -0.412. The van der Waals surface area contributed by atoms with Gasteiger partial charge in [0.2, 0.25) is 0 Å². The van der Waals surface area contributed by atoms with Crippen LogP contribution in [-0.4, -0.2) is 44.8 Å². The standard InChI is InChI=1S/C32H40N2O3/c1-5-6-7-11-22-33-32(35)37-30-20-16-28(17-21-30)31(25(2)26-12-9-8-10-13-26)27-14-18-29(19-15-27)36-24-23-34(3)4/h8-10,12-21H,5-7,11,22-24H2,1-4H3,(H,33,35)/b31-25-. The topological polar surface area (TPSA) is 50.8 Å². The van der Waals surface area contributed by atoms with Gasteiger partial charge in [0.15, 0.2) is 0 Å². The number of carbonyl (C=O) groups is 1. The van der Waals surface area contributed by atoms with Crippen LogP contribution in [0.3, 0.4) is 0 Å². The molecule has 196 valence electrons. The molecule has 0 atom stereocenters. The summed E-state index contributed by atoms with van der Waals surface area (Å²) in [5.41, 5.74) is 5.60. The predicted octanol–water partition coefficient (Wildman–Crippen LogP) is 7.27. The van der Waals surface area contributed by atoms with Gasteiger partial charge in [-0.2, -0.15) is 0 Å². The third-order valence-corrected chi connectivity index (χ3v) is 6.19. The van der Waals surface area contributed by atoms with E-state index >= 15 is 0 Å². The molecule has 0 heterocycles. The van der Waals surface area contributed by atoms with Crippen LogP contribution in [0.4, 0.5) is 4.79 Å². The zero-order chi connectivity index (χ0) is 26.5. The maximum absolute atomic E-state index is 12.2. The molecule has 0 spiro atoms. The molecule has 0 saturated carbocycles. The molecule has 5 heteroatoms. The lowest BCUT2D eigenvalue weighted by Gasteiger charge is -2.16. The molecule has 0 fully saturated rings. The monoisotopic (exact) mass is 500 g/mol. The van der Waals surface area contributed by atoms with Crippen LogP contribution in [0.2, 0.25) is 0 Å². The van der Waals surface area contributed by atoms with Gasteiger partial charge in [-0.15, -0.1) is 0 Å². The average Bonchev–Trinajstić information content (AvgIpc) is 2.91. The number of nitrogens with zero attached hydrogens (tertiary/aromatic N) is 1. The van der Waals surface area contributed by atoms with Gasteiger partial charge in [0.05, 0.1) is 0 Å². The van der Waals surface area contributed by atoms with Crippen molar-refractivity contribution in [3.05, 3.63) is 95.6 Å². The average molecular weight is 501 g/mol. The number of carbonyl (C=O) groups excluding carboxylic acids is 1. The van der Waals surface area contributed by atoms with Gasteiger partial charge < -0.3 is 19.7 Å². The van der Waals surface area contributed by atoms with Crippen LogP contribution >= 0.6 is 0 Å². The number of hydrogen-bond donors (Lipinski definition) is 1. The van der Waals surface area contributed by atoms with E-state index in [1.54, 1.807) is 0 Å². The lowest BCUT2D eigenvalue weighted by Crippen LogP contribution is -2.27. The second-order valence-corrected chi connectivity index (χ2v) is 9.44. The number of likely N-dealkylation sites (N-methyl/N-ethyl adjacent to an activating group) is 1. The van der Waals surface area contributed by atoms with Crippen LogP contribution in [0.1, 0.15) is 56.2 Å². The van der Waals surface area contributed by atoms with E-state index in [1.807, 2.05) is 56.6 Å². The molecular formula is C32H40N2O3. The van der Waals surface area contributed by atoms with E-state index in [0.717, 1.165) is 47.4 Å². The van der Waals surface area contributed by atoms with Crippen molar-refractivity contribution in [2.24, 2.45) is 0 Å². The fraction of sp³-hybridized carbons (Fsp3) is 0.344. The molecule has 0 radical (unpaired) electrons. The highest BCUT2D eigenvalue weighted by atomic mass is 16.6. The number of benzene rings is 3. The molecule has 1 N–H and O–H groups in total. The zero-order valence-corrected chi connectivity index (χ0v) is 22.6. The molecule has 0 saturated heterocycles. The number of allylic oxidation sites excluding steroid dienone is 1. The third-order valence-electron chi connectivity index (χ3n) is 6.19. The fourth-order valence-electron chi connectivity index (χ4n) is 4.07. The Hall–Kier alpha value is -3.57. The summed E-state index contributed by atoms with van der Waals surface area (Å²) in [5, 5.41) is 2.83. The second kappa shape index (κ2) is 14.9. The number of rotatable bonds is 13. The van der Waals surface area contributed by atoms with Crippen LogP contribution < -0.4 is 14.8 Å². The largest absolute Gasteiger partial charge is 0.492 e. The molecule has 0 aliphatic carbocycles. The predicted molar refractivity (Wildman–Crippen MR) is 153 cm³/mol. The Labute approximate surface area is 222 Å². The van der Waals surface area contributed by atoms with E-state index in [4.69, 9.17) is 9.47 Å². The minimum absolute atomic E-state index is 0.412. The van der Waals surface area contributed by atoms with Crippen molar-refractivity contribution in [2.45, 2.75) is 39.5 Å². The van der Waals surface area contributed by atoms with Crippen LogP contribution in [0, 0.1) is 0 Å². The molecule has 0 aliphatic heterocycles. The Kier molecular flexibility index (Phi) is 11.2. The lowest BCUT2D eigenvalue weighted by atomic mass is 9.90. The summed E-state index contributed by atoms with van der Waals surface area (Å²) in [6.07, 6.45) is 4.03. The van der Waals surface area contributed by atoms with E-state index in [1.165, 1.54) is 18.4 Å². The quantitative estimate of drug-likeness (QED) is 0.198. The van der Waals surface area contributed by atoms with E-state index in [9.17, 15) is 4.79 Å². The smallest absolute Gasteiger partial charge is 0.412 e. The number of amides is 1. The number of nitrogens with one attached hydrogen (secondary N) is 1. The molecule has 0 aliphatic rings. The highest BCUT2D eigenvalue weighted by molar-refractivity contribution is 5.98. The maximum Gasteiger partial charge on any atom is 0.412 e. The Morgan fingerprint density at radius 1 is 0.784 bits per heavy atom. The fourth-order valence-corrected chi connectivity index (χ4v) is 4.07. The Bertz CT molecular complexity index is 1120. The lowest BCUT2D eigenvalue weighted by molar-refractivity contribution is 0.200. The minimum Gasteiger partial charge on any atom is -0.492 e. The molecule has 0 unspecified atom stereocenters. The number of ether oxygens (including phenoxy) is 2. The molecule has 3 aromatic carbocycles. The Morgan fingerprint density at radius 3 is 2.00 bits per heavy atom. The van der Waals surface area contributed by atoms with E-state index in [0.29, 0.717) is 18.9 Å². The van der Waals surface area contributed by atoms with E-state index < -0.39 is 6.09 Å². The van der Waals surface area contributed by atoms with Gasteiger partial charge >= 0.3 is 6.09 Å². The molecule has 37 heavy (non-hydrogen) atoms. The van der Waals surface area contributed by atoms with Crippen LogP contribution in [0.15, 0.2) is 78.9 Å². The first-order valence-electron chi connectivity index (χ1n) is 13.2. The summed E-state index contributed by atoms with van der Waals surface area (Å²) >= 11 is 0.